The fraction of sp³-hybridized carbons (Fsp3) is 0.176. The normalized spacial score (nSPS) is 10.6. The predicted octanol–water partition coefficient (Wildman–Crippen LogP) is 0.798. The summed E-state index contributed by atoms with van der Waals surface area (Å²) >= 11 is 0. The quantitative estimate of drug-likeness (QED) is 0.671. The SMILES string of the molecule is COc1ccc(-n2c(=O)[nH]c3cc(C(=O)O)cc(OC)c3c2=O)nc1OC. The van der Waals surface area contributed by atoms with Crippen molar-refractivity contribution in [3.05, 3.63) is 50.7 Å². The molecule has 0 atom stereocenters. The zero-order valence-corrected chi connectivity index (χ0v) is 14.6. The first-order valence-electron chi connectivity index (χ1n) is 7.61. The third-order valence-electron chi connectivity index (χ3n) is 3.88. The van der Waals surface area contributed by atoms with Gasteiger partial charge in [-0.15, -0.1) is 0 Å². The molecule has 27 heavy (non-hydrogen) atoms. The molecule has 10 heteroatoms. The van der Waals surface area contributed by atoms with Crippen LogP contribution < -0.4 is 25.5 Å². The fourth-order valence-electron chi connectivity index (χ4n) is 2.65. The first kappa shape index (κ1) is 18.0. The van der Waals surface area contributed by atoms with Gasteiger partial charge in [-0.2, -0.15) is 4.98 Å². The summed E-state index contributed by atoms with van der Waals surface area (Å²) in [6.45, 7) is 0. The van der Waals surface area contributed by atoms with E-state index >= 15 is 0 Å². The summed E-state index contributed by atoms with van der Waals surface area (Å²) in [5.41, 5.74) is -1.60. The minimum Gasteiger partial charge on any atom is -0.496 e. The van der Waals surface area contributed by atoms with Gasteiger partial charge in [-0.05, 0) is 24.3 Å². The summed E-state index contributed by atoms with van der Waals surface area (Å²) in [5.74, 6) is -0.780. The number of nitrogens with zero attached hydrogens (tertiary/aromatic N) is 2. The topological polar surface area (TPSA) is 133 Å². The van der Waals surface area contributed by atoms with Gasteiger partial charge in [0.25, 0.3) is 11.4 Å². The Labute approximate surface area is 151 Å². The lowest BCUT2D eigenvalue weighted by Crippen LogP contribution is -2.34. The highest BCUT2D eigenvalue weighted by atomic mass is 16.5. The van der Waals surface area contributed by atoms with Crippen molar-refractivity contribution < 1.29 is 24.1 Å². The Bertz CT molecular complexity index is 1160. The summed E-state index contributed by atoms with van der Waals surface area (Å²) in [6, 6.07) is 5.32. The van der Waals surface area contributed by atoms with Gasteiger partial charge in [0.1, 0.15) is 17.0 Å². The molecule has 2 heterocycles. The molecule has 0 saturated carbocycles. The Morgan fingerprint density at radius 2 is 1.78 bits per heavy atom. The molecule has 0 saturated heterocycles. The van der Waals surface area contributed by atoms with E-state index in [1.165, 1.54) is 45.6 Å². The molecule has 3 rings (SSSR count). The fourth-order valence-corrected chi connectivity index (χ4v) is 2.65. The van der Waals surface area contributed by atoms with Crippen molar-refractivity contribution in [3.8, 4) is 23.2 Å². The highest BCUT2D eigenvalue weighted by Gasteiger charge is 2.18. The standard InChI is InChI=1S/C17H15N3O7/c1-25-10-4-5-12(19-14(10)27-3)20-15(21)13-9(18-17(20)24)6-8(16(22)23)7-11(13)26-2/h4-7H,1-3H3,(H,18,24)(H,22,23). The second-order valence-corrected chi connectivity index (χ2v) is 5.36. The maximum Gasteiger partial charge on any atom is 0.335 e. The van der Waals surface area contributed by atoms with Crippen LogP contribution in [0.1, 0.15) is 10.4 Å². The van der Waals surface area contributed by atoms with Crippen molar-refractivity contribution in [1.29, 1.82) is 0 Å². The van der Waals surface area contributed by atoms with E-state index in [0.29, 0.717) is 5.75 Å². The van der Waals surface area contributed by atoms with Crippen LogP contribution in [0.3, 0.4) is 0 Å². The van der Waals surface area contributed by atoms with Gasteiger partial charge >= 0.3 is 11.7 Å². The van der Waals surface area contributed by atoms with E-state index < -0.39 is 17.2 Å². The number of carboxylic acids is 1. The summed E-state index contributed by atoms with van der Waals surface area (Å²) in [5, 5.41) is 9.19. The van der Waals surface area contributed by atoms with Crippen molar-refractivity contribution in [3.63, 3.8) is 0 Å². The Morgan fingerprint density at radius 3 is 2.37 bits per heavy atom. The number of methoxy groups -OCH3 is 3. The molecule has 3 aromatic rings. The Morgan fingerprint density at radius 1 is 1.07 bits per heavy atom. The van der Waals surface area contributed by atoms with E-state index in [-0.39, 0.29) is 33.9 Å². The van der Waals surface area contributed by atoms with Gasteiger partial charge in [-0.3, -0.25) is 4.79 Å². The van der Waals surface area contributed by atoms with Gasteiger partial charge < -0.3 is 24.3 Å². The Kier molecular flexibility index (Phi) is 4.55. The van der Waals surface area contributed by atoms with Crippen LogP contribution in [0.25, 0.3) is 16.7 Å². The molecule has 0 aliphatic carbocycles. The second-order valence-electron chi connectivity index (χ2n) is 5.36. The lowest BCUT2D eigenvalue weighted by atomic mass is 10.1. The zero-order chi connectivity index (χ0) is 19.7. The van der Waals surface area contributed by atoms with Gasteiger partial charge in [-0.1, -0.05) is 0 Å². The number of carbonyl (C=O) groups is 1. The van der Waals surface area contributed by atoms with E-state index in [1.54, 1.807) is 0 Å². The molecule has 140 valence electrons. The van der Waals surface area contributed by atoms with Crippen LogP contribution in [0, 0.1) is 0 Å². The summed E-state index contributed by atoms with van der Waals surface area (Å²) in [7, 11) is 4.10. The first-order chi connectivity index (χ1) is 12.9. The van der Waals surface area contributed by atoms with Crippen LogP contribution in [0.2, 0.25) is 0 Å². The first-order valence-corrected chi connectivity index (χ1v) is 7.61. The van der Waals surface area contributed by atoms with E-state index in [9.17, 15) is 19.5 Å². The maximum absolute atomic E-state index is 13.0. The van der Waals surface area contributed by atoms with Crippen LogP contribution in [-0.4, -0.2) is 46.9 Å². The molecule has 10 nitrogen and oxygen atoms in total. The number of pyridine rings is 1. The number of hydrogen-bond donors (Lipinski definition) is 2. The van der Waals surface area contributed by atoms with Gasteiger partial charge in [-0.25, -0.2) is 14.2 Å². The van der Waals surface area contributed by atoms with E-state index in [0.717, 1.165) is 4.57 Å². The molecule has 0 bridgehead atoms. The van der Waals surface area contributed by atoms with Crippen LogP contribution in [0.15, 0.2) is 33.9 Å². The molecule has 1 aromatic carbocycles. The minimum atomic E-state index is -1.22. The van der Waals surface area contributed by atoms with Gasteiger partial charge in [0.05, 0.1) is 32.4 Å². The minimum absolute atomic E-state index is 0.00478. The highest BCUT2D eigenvalue weighted by molar-refractivity contribution is 5.95. The number of ether oxygens (including phenoxy) is 3. The van der Waals surface area contributed by atoms with Crippen LogP contribution in [0.5, 0.6) is 17.4 Å². The van der Waals surface area contributed by atoms with Crippen molar-refractivity contribution in [2.45, 2.75) is 0 Å². The number of H-pyrrole nitrogens is 1. The Hall–Kier alpha value is -3.82. The smallest absolute Gasteiger partial charge is 0.335 e. The number of aromatic carboxylic acids is 1. The van der Waals surface area contributed by atoms with Crippen molar-refractivity contribution in [1.82, 2.24) is 14.5 Å². The van der Waals surface area contributed by atoms with Gasteiger partial charge in [0, 0.05) is 0 Å². The maximum atomic E-state index is 13.0. The predicted molar refractivity (Wildman–Crippen MR) is 94.6 cm³/mol. The van der Waals surface area contributed by atoms with E-state index in [1.807, 2.05) is 0 Å². The monoisotopic (exact) mass is 373 g/mol. The van der Waals surface area contributed by atoms with E-state index in [2.05, 4.69) is 9.97 Å². The zero-order valence-electron chi connectivity index (χ0n) is 14.6. The van der Waals surface area contributed by atoms with Crippen molar-refractivity contribution in [2.24, 2.45) is 0 Å². The number of nitrogens with one attached hydrogen (secondary N) is 1. The molecule has 2 aromatic heterocycles. The highest BCUT2D eigenvalue weighted by Crippen LogP contribution is 2.26. The molecule has 0 radical (unpaired) electrons. The van der Waals surface area contributed by atoms with Crippen molar-refractivity contribution in [2.75, 3.05) is 21.3 Å². The average molecular weight is 373 g/mol. The molecule has 0 aliphatic rings. The average Bonchev–Trinajstić information content (AvgIpc) is 2.66. The van der Waals surface area contributed by atoms with Gasteiger partial charge in [0.15, 0.2) is 5.75 Å². The third kappa shape index (κ3) is 2.97. The van der Waals surface area contributed by atoms with Crippen molar-refractivity contribution >= 4 is 16.9 Å². The summed E-state index contributed by atoms with van der Waals surface area (Å²) in [4.78, 5) is 43.3. The van der Waals surface area contributed by atoms with Crippen LogP contribution in [-0.2, 0) is 0 Å². The summed E-state index contributed by atoms with van der Waals surface area (Å²) < 4.78 is 16.1. The number of fused-ring (bicyclic) bond motifs is 1. The van der Waals surface area contributed by atoms with Crippen LogP contribution >= 0.6 is 0 Å². The number of aromatic amines is 1. The number of hydrogen-bond acceptors (Lipinski definition) is 7. The lowest BCUT2D eigenvalue weighted by molar-refractivity contribution is 0.0696. The molecular weight excluding hydrogens is 358 g/mol. The third-order valence-corrected chi connectivity index (χ3v) is 3.88. The number of rotatable bonds is 5. The molecule has 0 spiro atoms. The molecule has 0 unspecified atom stereocenters. The second kappa shape index (κ2) is 6.83. The lowest BCUT2D eigenvalue weighted by Gasteiger charge is -2.11. The molecule has 0 fully saturated rings. The molecule has 2 N–H and O–H groups in total. The summed E-state index contributed by atoms with van der Waals surface area (Å²) in [6.07, 6.45) is 0. The number of aromatic nitrogens is 3. The van der Waals surface area contributed by atoms with Crippen LogP contribution in [0.4, 0.5) is 0 Å². The van der Waals surface area contributed by atoms with E-state index in [4.69, 9.17) is 14.2 Å². The molecular formula is C17H15N3O7. The number of benzene rings is 1. The van der Waals surface area contributed by atoms with Gasteiger partial charge in [0.2, 0.25) is 0 Å². The Balaban J connectivity index is 2.36. The molecule has 0 amide bonds. The molecule has 0 aliphatic heterocycles. The number of carboxylic acid groups (broad SMARTS) is 1. The largest absolute Gasteiger partial charge is 0.496 e.